The van der Waals surface area contributed by atoms with Gasteiger partial charge in [0.15, 0.2) is 0 Å². The molecule has 0 aromatic carbocycles. The molecule has 4 heteroatoms. The molecule has 0 aliphatic carbocycles. The van der Waals surface area contributed by atoms with E-state index >= 15 is 0 Å². The summed E-state index contributed by atoms with van der Waals surface area (Å²) in [5, 5.41) is 3.31. The monoisotopic (exact) mass is 226 g/mol. The third-order valence-corrected chi connectivity index (χ3v) is 3.44. The van der Waals surface area contributed by atoms with Gasteiger partial charge in [-0.2, -0.15) is 0 Å². The number of likely N-dealkylation sites (tertiary alicyclic amines) is 1. The molecule has 0 aromatic rings. The highest BCUT2D eigenvalue weighted by molar-refractivity contribution is 5.83. The van der Waals surface area contributed by atoms with Crippen LogP contribution in [0.4, 0.5) is 0 Å². The lowest BCUT2D eigenvalue weighted by molar-refractivity contribution is -0.129. The highest BCUT2D eigenvalue weighted by Crippen LogP contribution is 2.18. The van der Waals surface area contributed by atoms with Gasteiger partial charge in [0.25, 0.3) is 0 Å². The summed E-state index contributed by atoms with van der Waals surface area (Å²) in [4.78, 5) is 14.0. The Morgan fingerprint density at radius 3 is 3.06 bits per heavy atom. The van der Waals surface area contributed by atoms with E-state index < -0.39 is 0 Å². The molecule has 2 unspecified atom stereocenters. The number of hydrogen-bond donors (Lipinski definition) is 1. The van der Waals surface area contributed by atoms with Crippen LogP contribution in [0.3, 0.4) is 0 Å². The number of ether oxygens (including phenoxy) is 1. The largest absolute Gasteiger partial charge is 0.381 e. The molecule has 2 fully saturated rings. The average Bonchev–Trinajstić information content (AvgIpc) is 2.89. The summed E-state index contributed by atoms with van der Waals surface area (Å²) in [6.45, 7) is 6.57. The standard InChI is InChI=1S/C12H22N2O2/c1-2-5-13-11-3-6-14(12(11)15)8-10-4-7-16-9-10/h10-11,13H,2-9H2,1H3. The number of rotatable bonds is 5. The normalized spacial score (nSPS) is 30.3. The van der Waals surface area contributed by atoms with Crippen LogP contribution in [0, 0.1) is 5.92 Å². The van der Waals surface area contributed by atoms with E-state index in [1.54, 1.807) is 0 Å². The Labute approximate surface area is 97.3 Å². The fraction of sp³-hybridized carbons (Fsp3) is 0.917. The smallest absolute Gasteiger partial charge is 0.239 e. The lowest BCUT2D eigenvalue weighted by Gasteiger charge is -2.20. The molecule has 0 bridgehead atoms. The highest BCUT2D eigenvalue weighted by Gasteiger charge is 2.32. The van der Waals surface area contributed by atoms with E-state index in [1.807, 2.05) is 4.90 Å². The molecule has 0 radical (unpaired) electrons. The summed E-state index contributed by atoms with van der Waals surface area (Å²) in [6, 6.07) is 0.0715. The van der Waals surface area contributed by atoms with Crippen LogP contribution in [0.2, 0.25) is 0 Å². The number of carbonyl (C=O) groups is 1. The number of nitrogens with zero attached hydrogens (tertiary/aromatic N) is 1. The van der Waals surface area contributed by atoms with Crippen LogP contribution < -0.4 is 5.32 Å². The molecule has 16 heavy (non-hydrogen) atoms. The van der Waals surface area contributed by atoms with Gasteiger partial charge in [0.1, 0.15) is 0 Å². The second-order valence-electron chi connectivity index (χ2n) is 4.81. The first-order valence-electron chi connectivity index (χ1n) is 6.41. The van der Waals surface area contributed by atoms with Crippen molar-refractivity contribution in [2.45, 2.75) is 32.2 Å². The maximum atomic E-state index is 12.0. The van der Waals surface area contributed by atoms with Crippen LogP contribution in [0.5, 0.6) is 0 Å². The summed E-state index contributed by atoms with van der Waals surface area (Å²) in [7, 11) is 0. The summed E-state index contributed by atoms with van der Waals surface area (Å²) in [6.07, 6.45) is 3.16. The van der Waals surface area contributed by atoms with E-state index in [-0.39, 0.29) is 6.04 Å². The first-order valence-corrected chi connectivity index (χ1v) is 6.41. The summed E-state index contributed by atoms with van der Waals surface area (Å²) in [5.41, 5.74) is 0. The van der Waals surface area contributed by atoms with Crippen LogP contribution in [0.1, 0.15) is 26.2 Å². The van der Waals surface area contributed by atoms with Gasteiger partial charge in [0, 0.05) is 25.6 Å². The number of carbonyl (C=O) groups excluding carboxylic acids is 1. The molecule has 2 aliphatic heterocycles. The summed E-state index contributed by atoms with van der Waals surface area (Å²) in [5.74, 6) is 0.856. The van der Waals surface area contributed by atoms with Crippen molar-refractivity contribution in [1.82, 2.24) is 10.2 Å². The minimum Gasteiger partial charge on any atom is -0.381 e. The number of nitrogens with one attached hydrogen (secondary N) is 1. The maximum Gasteiger partial charge on any atom is 0.239 e. The quantitative estimate of drug-likeness (QED) is 0.747. The second-order valence-corrected chi connectivity index (χ2v) is 4.81. The first kappa shape index (κ1) is 11.9. The number of amides is 1. The molecular weight excluding hydrogens is 204 g/mol. The van der Waals surface area contributed by atoms with Gasteiger partial charge in [-0.05, 0) is 25.8 Å². The summed E-state index contributed by atoms with van der Waals surface area (Å²) < 4.78 is 5.34. The van der Waals surface area contributed by atoms with Crippen molar-refractivity contribution >= 4 is 5.91 Å². The molecule has 4 nitrogen and oxygen atoms in total. The van der Waals surface area contributed by atoms with Gasteiger partial charge >= 0.3 is 0 Å². The Balaban J connectivity index is 1.77. The van der Waals surface area contributed by atoms with Crippen molar-refractivity contribution in [3.05, 3.63) is 0 Å². The van der Waals surface area contributed by atoms with Crippen LogP contribution >= 0.6 is 0 Å². The van der Waals surface area contributed by atoms with E-state index in [0.29, 0.717) is 11.8 Å². The predicted octanol–water partition coefficient (Wildman–Crippen LogP) is 0.623. The van der Waals surface area contributed by atoms with Crippen molar-refractivity contribution in [1.29, 1.82) is 0 Å². The van der Waals surface area contributed by atoms with Crippen molar-refractivity contribution in [3.63, 3.8) is 0 Å². The van der Waals surface area contributed by atoms with Crippen molar-refractivity contribution in [2.24, 2.45) is 5.92 Å². The molecule has 2 rings (SSSR count). The van der Waals surface area contributed by atoms with E-state index in [1.165, 1.54) is 0 Å². The molecule has 2 heterocycles. The van der Waals surface area contributed by atoms with E-state index in [0.717, 1.165) is 52.1 Å². The van der Waals surface area contributed by atoms with Crippen LogP contribution in [0.25, 0.3) is 0 Å². The minimum absolute atomic E-state index is 0.0715. The van der Waals surface area contributed by atoms with Gasteiger partial charge in [-0.15, -0.1) is 0 Å². The molecule has 1 N–H and O–H groups in total. The molecule has 0 aromatic heterocycles. The Kier molecular flexibility index (Phi) is 4.18. The molecule has 92 valence electrons. The molecular formula is C12H22N2O2. The van der Waals surface area contributed by atoms with E-state index in [4.69, 9.17) is 4.74 Å². The van der Waals surface area contributed by atoms with Gasteiger partial charge in [-0.3, -0.25) is 4.79 Å². The maximum absolute atomic E-state index is 12.0. The molecule has 2 saturated heterocycles. The van der Waals surface area contributed by atoms with Gasteiger partial charge in [-0.25, -0.2) is 0 Å². The molecule has 2 atom stereocenters. The van der Waals surface area contributed by atoms with Crippen LogP contribution in [-0.4, -0.2) is 49.7 Å². The zero-order valence-electron chi connectivity index (χ0n) is 10.1. The van der Waals surface area contributed by atoms with E-state index in [9.17, 15) is 4.79 Å². The van der Waals surface area contributed by atoms with Crippen molar-refractivity contribution in [3.8, 4) is 0 Å². The average molecular weight is 226 g/mol. The Hall–Kier alpha value is -0.610. The molecule has 1 amide bonds. The van der Waals surface area contributed by atoms with Gasteiger partial charge < -0.3 is 15.0 Å². The molecule has 0 spiro atoms. The van der Waals surface area contributed by atoms with Crippen LogP contribution in [-0.2, 0) is 9.53 Å². The third kappa shape index (κ3) is 2.74. The van der Waals surface area contributed by atoms with Crippen molar-refractivity contribution in [2.75, 3.05) is 32.8 Å². The SMILES string of the molecule is CCCNC1CCN(CC2CCOC2)C1=O. The van der Waals surface area contributed by atoms with Crippen LogP contribution in [0.15, 0.2) is 0 Å². The fourth-order valence-electron chi connectivity index (χ4n) is 2.47. The van der Waals surface area contributed by atoms with Gasteiger partial charge in [0.05, 0.1) is 12.6 Å². The summed E-state index contributed by atoms with van der Waals surface area (Å²) >= 11 is 0. The Bertz CT molecular complexity index is 239. The topological polar surface area (TPSA) is 41.6 Å². The Morgan fingerprint density at radius 2 is 2.38 bits per heavy atom. The Morgan fingerprint density at radius 1 is 1.50 bits per heavy atom. The fourth-order valence-corrected chi connectivity index (χ4v) is 2.47. The van der Waals surface area contributed by atoms with Crippen molar-refractivity contribution < 1.29 is 9.53 Å². The zero-order valence-corrected chi connectivity index (χ0v) is 10.1. The lowest BCUT2D eigenvalue weighted by Crippen LogP contribution is -2.40. The lowest BCUT2D eigenvalue weighted by atomic mass is 10.1. The molecule has 0 saturated carbocycles. The van der Waals surface area contributed by atoms with E-state index in [2.05, 4.69) is 12.2 Å². The van der Waals surface area contributed by atoms with Gasteiger partial charge in [0.2, 0.25) is 5.91 Å². The second kappa shape index (κ2) is 5.64. The number of hydrogen-bond acceptors (Lipinski definition) is 3. The first-order chi connectivity index (χ1) is 7.81. The minimum atomic E-state index is 0.0715. The zero-order chi connectivity index (χ0) is 11.4. The molecule has 2 aliphatic rings. The third-order valence-electron chi connectivity index (χ3n) is 3.44. The van der Waals surface area contributed by atoms with Gasteiger partial charge in [-0.1, -0.05) is 6.92 Å². The highest BCUT2D eigenvalue weighted by atomic mass is 16.5. The predicted molar refractivity (Wildman–Crippen MR) is 62.2 cm³/mol.